The van der Waals surface area contributed by atoms with Crippen LogP contribution < -0.4 is 14.4 Å². The van der Waals surface area contributed by atoms with E-state index in [0.29, 0.717) is 22.2 Å². The summed E-state index contributed by atoms with van der Waals surface area (Å²) < 4.78 is 24.0. The van der Waals surface area contributed by atoms with Crippen molar-refractivity contribution >= 4 is 33.9 Å². The summed E-state index contributed by atoms with van der Waals surface area (Å²) in [6, 6.07) is 9.00. The monoisotopic (exact) mass is 440 g/mol. The van der Waals surface area contributed by atoms with Crippen molar-refractivity contribution in [2.75, 3.05) is 19.1 Å². The number of ether oxygens (including phenoxy) is 2. The number of carbonyl (C=O) groups is 2. The molecule has 1 aliphatic heterocycles. The Bertz CT molecular complexity index is 1180. The van der Waals surface area contributed by atoms with Gasteiger partial charge in [0.1, 0.15) is 11.6 Å². The number of methoxy groups -OCH3 is 2. The van der Waals surface area contributed by atoms with Crippen LogP contribution in [0.1, 0.15) is 17.2 Å². The van der Waals surface area contributed by atoms with Crippen LogP contribution in [0, 0.1) is 5.82 Å². The van der Waals surface area contributed by atoms with Gasteiger partial charge >= 0.3 is 5.91 Å². The smallest absolute Gasteiger partial charge is 0.301 e. The normalized spacial score (nSPS) is 17.8. The summed E-state index contributed by atoms with van der Waals surface area (Å²) in [6.07, 6.45) is 1.52. The lowest BCUT2D eigenvalue weighted by molar-refractivity contribution is -0.132. The number of aromatic nitrogens is 1. The van der Waals surface area contributed by atoms with Crippen LogP contribution in [0.4, 0.5) is 9.52 Å². The third-order valence-electron chi connectivity index (χ3n) is 4.91. The summed E-state index contributed by atoms with van der Waals surface area (Å²) >= 11 is 1.19. The van der Waals surface area contributed by atoms with Crippen molar-refractivity contribution in [3.05, 3.63) is 76.6 Å². The number of nitrogens with zero attached hydrogens (tertiary/aromatic N) is 2. The number of hydrogen-bond donors (Lipinski definition) is 1. The number of rotatable bonds is 5. The summed E-state index contributed by atoms with van der Waals surface area (Å²) in [5, 5.41) is 12.9. The number of benzene rings is 2. The van der Waals surface area contributed by atoms with Gasteiger partial charge in [0, 0.05) is 17.1 Å². The molecule has 1 amide bonds. The molecular formula is C22H17FN2O5S. The molecule has 0 spiro atoms. The fourth-order valence-corrected chi connectivity index (χ4v) is 4.13. The maximum atomic E-state index is 13.4. The Hall–Kier alpha value is -3.72. The van der Waals surface area contributed by atoms with Gasteiger partial charge in [-0.2, -0.15) is 0 Å². The second-order valence-corrected chi connectivity index (χ2v) is 7.48. The molecule has 2 heterocycles. The van der Waals surface area contributed by atoms with Crippen LogP contribution in [-0.4, -0.2) is 36.0 Å². The summed E-state index contributed by atoms with van der Waals surface area (Å²) in [4.78, 5) is 31.4. The van der Waals surface area contributed by atoms with Crippen molar-refractivity contribution in [3.63, 3.8) is 0 Å². The van der Waals surface area contributed by atoms with Gasteiger partial charge in [-0.05, 0) is 42.0 Å². The Morgan fingerprint density at radius 2 is 1.81 bits per heavy atom. The average molecular weight is 440 g/mol. The molecule has 3 aromatic rings. The van der Waals surface area contributed by atoms with E-state index in [4.69, 9.17) is 9.47 Å². The molecule has 1 N–H and O–H groups in total. The van der Waals surface area contributed by atoms with Crippen LogP contribution >= 0.6 is 11.3 Å². The number of hydrogen-bond acceptors (Lipinski definition) is 7. The van der Waals surface area contributed by atoms with Crippen LogP contribution in [0.5, 0.6) is 11.5 Å². The minimum absolute atomic E-state index is 0.126. The summed E-state index contributed by atoms with van der Waals surface area (Å²) in [5.74, 6) is -1.72. The van der Waals surface area contributed by atoms with Crippen molar-refractivity contribution in [3.8, 4) is 11.5 Å². The second kappa shape index (κ2) is 8.19. The number of ketones is 1. The van der Waals surface area contributed by atoms with Crippen molar-refractivity contribution < 1.29 is 28.6 Å². The molecule has 158 valence electrons. The van der Waals surface area contributed by atoms with Crippen molar-refractivity contribution in [2.24, 2.45) is 0 Å². The molecule has 31 heavy (non-hydrogen) atoms. The summed E-state index contributed by atoms with van der Waals surface area (Å²) in [6.45, 7) is 0. The van der Waals surface area contributed by atoms with E-state index in [1.165, 1.54) is 48.8 Å². The average Bonchev–Trinajstić information content (AvgIpc) is 3.40. The second-order valence-electron chi connectivity index (χ2n) is 6.61. The Kier molecular flexibility index (Phi) is 5.43. The lowest BCUT2D eigenvalue weighted by Crippen LogP contribution is -2.29. The molecule has 1 fully saturated rings. The van der Waals surface area contributed by atoms with E-state index in [1.54, 1.807) is 23.6 Å². The number of thiazole rings is 1. The van der Waals surface area contributed by atoms with Crippen molar-refractivity contribution in [1.82, 2.24) is 4.98 Å². The Labute approximate surface area is 181 Å². The Balaban J connectivity index is 1.94. The first kappa shape index (κ1) is 20.5. The fourth-order valence-electron chi connectivity index (χ4n) is 3.47. The first-order valence-corrected chi connectivity index (χ1v) is 10.0. The number of anilines is 1. The number of Topliss-reactive ketones (excluding diaryl/α,β-unsaturated/α-hetero) is 1. The topological polar surface area (TPSA) is 89.0 Å². The van der Waals surface area contributed by atoms with Gasteiger partial charge in [0.15, 0.2) is 16.6 Å². The molecule has 1 saturated heterocycles. The highest BCUT2D eigenvalue weighted by atomic mass is 32.1. The highest BCUT2D eigenvalue weighted by Gasteiger charge is 2.48. The summed E-state index contributed by atoms with van der Waals surface area (Å²) in [5.41, 5.74) is 0.596. The molecule has 2 aromatic carbocycles. The third kappa shape index (κ3) is 3.53. The van der Waals surface area contributed by atoms with Crippen LogP contribution in [0.15, 0.2) is 59.6 Å². The number of aliphatic hydroxyl groups is 1. The zero-order valence-corrected chi connectivity index (χ0v) is 17.4. The van der Waals surface area contributed by atoms with Crippen LogP contribution in [0.2, 0.25) is 0 Å². The predicted octanol–water partition coefficient (Wildman–Crippen LogP) is 3.93. The van der Waals surface area contributed by atoms with Crippen molar-refractivity contribution in [1.29, 1.82) is 0 Å². The third-order valence-corrected chi connectivity index (χ3v) is 5.68. The van der Waals surface area contributed by atoms with E-state index in [-0.39, 0.29) is 11.1 Å². The molecule has 0 aliphatic carbocycles. The molecule has 1 unspecified atom stereocenters. The molecule has 1 aromatic heterocycles. The van der Waals surface area contributed by atoms with Gasteiger partial charge in [0.25, 0.3) is 5.78 Å². The van der Waals surface area contributed by atoms with E-state index in [0.717, 1.165) is 12.1 Å². The zero-order chi connectivity index (χ0) is 22.1. The van der Waals surface area contributed by atoms with E-state index in [2.05, 4.69) is 4.98 Å². The number of carbonyl (C=O) groups excluding carboxylic acids is 2. The van der Waals surface area contributed by atoms with Crippen LogP contribution in [0.25, 0.3) is 5.76 Å². The van der Waals surface area contributed by atoms with E-state index < -0.39 is 29.3 Å². The quantitative estimate of drug-likeness (QED) is 0.367. The van der Waals surface area contributed by atoms with Gasteiger partial charge in [-0.15, -0.1) is 11.3 Å². The van der Waals surface area contributed by atoms with Gasteiger partial charge in [-0.3, -0.25) is 14.5 Å². The molecular weight excluding hydrogens is 423 g/mol. The highest BCUT2D eigenvalue weighted by Crippen LogP contribution is 2.44. The molecule has 7 nitrogen and oxygen atoms in total. The van der Waals surface area contributed by atoms with E-state index in [9.17, 15) is 19.1 Å². The molecule has 0 bridgehead atoms. The Morgan fingerprint density at radius 1 is 1.10 bits per heavy atom. The van der Waals surface area contributed by atoms with Gasteiger partial charge in [-0.25, -0.2) is 9.37 Å². The minimum atomic E-state index is -0.962. The number of halogens is 1. The standard InChI is InChI=1S/C22H17FN2O5S/c1-29-15-8-5-13(11-16(15)30-2)18-17(19(26)12-3-6-14(23)7-4-12)20(27)21(28)25(18)22-24-9-10-31-22/h3-11,18,26H,1-2H3/b19-17-. The van der Waals surface area contributed by atoms with E-state index >= 15 is 0 Å². The van der Waals surface area contributed by atoms with Crippen LogP contribution in [-0.2, 0) is 9.59 Å². The molecule has 0 saturated carbocycles. The van der Waals surface area contributed by atoms with Gasteiger partial charge in [0.2, 0.25) is 0 Å². The van der Waals surface area contributed by atoms with Crippen molar-refractivity contribution in [2.45, 2.75) is 6.04 Å². The lowest BCUT2D eigenvalue weighted by Gasteiger charge is -2.23. The molecule has 4 rings (SSSR count). The maximum absolute atomic E-state index is 13.4. The summed E-state index contributed by atoms with van der Waals surface area (Å²) in [7, 11) is 2.96. The highest BCUT2D eigenvalue weighted by molar-refractivity contribution is 7.14. The van der Waals surface area contributed by atoms with E-state index in [1.807, 2.05) is 0 Å². The molecule has 0 radical (unpaired) electrons. The SMILES string of the molecule is COc1ccc(C2/C(=C(/O)c3ccc(F)cc3)C(=O)C(=O)N2c2nccs2)cc1OC. The number of amides is 1. The Morgan fingerprint density at radius 3 is 2.42 bits per heavy atom. The number of aliphatic hydroxyl groups excluding tert-OH is 1. The lowest BCUT2D eigenvalue weighted by atomic mass is 9.95. The maximum Gasteiger partial charge on any atom is 0.301 e. The van der Waals surface area contributed by atoms with Gasteiger partial charge in [-0.1, -0.05) is 6.07 Å². The molecule has 1 aliphatic rings. The predicted molar refractivity (Wildman–Crippen MR) is 113 cm³/mol. The first-order chi connectivity index (χ1) is 15.0. The zero-order valence-electron chi connectivity index (χ0n) is 16.5. The van der Waals surface area contributed by atoms with Gasteiger partial charge in [0.05, 0.1) is 25.8 Å². The molecule has 1 atom stereocenters. The molecule has 9 heteroatoms. The minimum Gasteiger partial charge on any atom is -0.507 e. The largest absolute Gasteiger partial charge is 0.507 e. The van der Waals surface area contributed by atoms with Gasteiger partial charge < -0.3 is 14.6 Å². The fraction of sp³-hybridized carbons (Fsp3) is 0.136. The van der Waals surface area contributed by atoms with Crippen LogP contribution in [0.3, 0.4) is 0 Å². The first-order valence-electron chi connectivity index (χ1n) is 9.14.